The SMILES string of the molecule is C=CCc1cccc(C(C)(C)C)c1C. The van der Waals surface area contributed by atoms with Gasteiger partial charge < -0.3 is 0 Å². The molecular formula is C14H20. The minimum absolute atomic E-state index is 0.237. The van der Waals surface area contributed by atoms with E-state index in [-0.39, 0.29) is 5.41 Å². The van der Waals surface area contributed by atoms with E-state index in [9.17, 15) is 0 Å². The van der Waals surface area contributed by atoms with Crippen LogP contribution in [0.3, 0.4) is 0 Å². The summed E-state index contributed by atoms with van der Waals surface area (Å²) >= 11 is 0. The molecule has 0 nitrogen and oxygen atoms in total. The predicted octanol–water partition coefficient (Wildman–Crippen LogP) is 4.02. The first-order valence-corrected chi connectivity index (χ1v) is 5.16. The molecule has 76 valence electrons. The van der Waals surface area contributed by atoms with Crippen molar-refractivity contribution in [2.45, 2.75) is 39.5 Å². The van der Waals surface area contributed by atoms with Gasteiger partial charge in [-0.2, -0.15) is 0 Å². The van der Waals surface area contributed by atoms with Crippen molar-refractivity contribution in [3.63, 3.8) is 0 Å². The van der Waals surface area contributed by atoms with Crippen LogP contribution >= 0.6 is 0 Å². The van der Waals surface area contributed by atoms with Gasteiger partial charge >= 0.3 is 0 Å². The maximum atomic E-state index is 3.79. The average Bonchev–Trinajstić information content (AvgIpc) is 2.07. The smallest absolute Gasteiger partial charge is 0.00974 e. The molecule has 0 saturated heterocycles. The van der Waals surface area contributed by atoms with Crippen LogP contribution < -0.4 is 0 Å². The Hall–Kier alpha value is -1.04. The van der Waals surface area contributed by atoms with Gasteiger partial charge in [0, 0.05) is 0 Å². The lowest BCUT2D eigenvalue weighted by Crippen LogP contribution is -2.13. The molecule has 0 radical (unpaired) electrons. The molecule has 0 N–H and O–H groups in total. The molecule has 14 heavy (non-hydrogen) atoms. The third kappa shape index (κ3) is 2.25. The van der Waals surface area contributed by atoms with Gasteiger partial charge in [0.15, 0.2) is 0 Å². The number of allylic oxidation sites excluding steroid dienone is 1. The van der Waals surface area contributed by atoms with Crippen molar-refractivity contribution in [2.24, 2.45) is 0 Å². The number of hydrogen-bond acceptors (Lipinski definition) is 0. The second-order valence-corrected chi connectivity index (χ2v) is 4.83. The monoisotopic (exact) mass is 188 g/mol. The maximum Gasteiger partial charge on any atom is -0.00974 e. The van der Waals surface area contributed by atoms with Gasteiger partial charge in [0.1, 0.15) is 0 Å². The third-order valence-electron chi connectivity index (χ3n) is 2.62. The van der Waals surface area contributed by atoms with Gasteiger partial charge in [-0.3, -0.25) is 0 Å². The summed E-state index contributed by atoms with van der Waals surface area (Å²) in [5.74, 6) is 0. The zero-order chi connectivity index (χ0) is 10.8. The number of benzene rings is 1. The Labute approximate surface area is 87.7 Å². The second kappa shape index (κ2) is 4.00. The van der Waals surface area contributed by atoms with Gasteiger partial charge in [-0.1, -0.05) is 45.0 Å². The van der Waals surface area contributed by atoms with Gasteiger partial charge in [-0.05, 0) is 35.4 Å². The van der Waals surface area contributed by atoms with Crippen LogP contribution in [-0.2, 0) is 11.8 Å². The van der Waals surface area contributed by atoms with E-state index in [0.717, 1.165) is 6.42 Å². The van der Waals surface area contributed by atoms with Crippen molar-refractivity contribution < 1.29 is 0 Å². The minimum atomic E-state index is 0.237. The van der Waals surface area contributed by atoms with E-state index in [2.05, 4.69) is 52.5 Å². The number of hydrogen-bond donors (Lipinski definition) is 0. The van der Waals surface area contributed by atoms with E-state index in [4.69, 9.17) is 0 Å². The molecule has 1 rings (SSSR count). The Bertz CT molecular complexity index is 326. The van der Waals surface area contributed by atoms with Crippen molar-refractivity contribution >= 4 is 0 Å². The summed E-state index contributed by atoms with van der Waals surface area (Å²) < 4.78 is 0. The van der Waals surface area contributed by atoms with E-state index < -0.39 is 0 Å². The van der Waals surface area contributed by atoms with Gasteiger partial charge in [0.25, 0.3) is 0 Å². The first kappa shape index (κ1) is 11.0. The molecule has 1 aromatic carbocycles. The van der Waals surface area contributed by atoms with Gasteiger partial charge in [-0.25, -0.2) is 0 Å². The molecule has 0 saturated carbocycles. The summed E-state index contributed by atoms with van der Waals surface area (Å²) in [6.07, 6.45) is 2.94. The molecule has 0 heterocycles. The summed E-state index contributed by atoms with van der Waals surface area (Å²) in [6, 6.07) is 6.56. The van der Waals surface area contributed by atoms with Crippen molar-refractivity contribution in [1.29, 1.82) is 0 Å². The van der Waals surface area contributed by atoms with Crippen LogP contribution in [0.5, 0.6) is 0 Å². The fourth-order valence-corrected chi connectivity index (χ4v) is 1.87. The quantitative estimate of drug-likeness (QED) is 0.615. The Morgan fingerprint density at radius 3 is 2.43 bits per heavy atom. The maximum absolute atomic E-state index is 3.79. The fourth-order valence-electron chi connectivity index (χ4n) is 1.87. The van der Waals surface area contributed by atoms with E-state index in [1.165, 1.54) is 16.7 Å². The van der Waals surface area contributed by atoms with Crippen molar-refractivity contribution in [3.05, 3.63) is 47.5 Å². The van der Waals surface area contributed by atoms with Crippen molar-refractivity contribution in [3.8, 4) is 0 Å². The summed E-state index contributed by atoms with van der Waals surface area (Å²) in [7, 11) is 0. The van der Waals surface area contributed by atoms with Crippen LogP contribution in [0.25, 0.3) is 0 Å². The first-order valence-electron chi connectivity index (χ1n) is 5.16. The molecule has 0 aliphatic rings. The number of rotatable bonds is 2. The zero-order valence-corrected chi connectivity index (χ0v) is 9.72. The molecular weight excluding hydrogens is 168 g/mol. The standard InChI is InChI=1S/C14H20/c1-6-8-12-9-7-10-13(11(12)2)14(3,4)5/h6-7,9-10H,1,8H2,2-5H3. The second-order valence-electron chi connectivity index (χ2n) is 4.83. The van der Waals surface area contributed by atoms with E-state index in [1.807, 2.05) is 6.08 Å². The highest BCUT2D eigenvalue weighted by Crippen LogP contribution is 2.27. The minimum Gasteiger partial charge on any atom is -0.103 e. The third-order valence-corrected chi connectivity index (χ3v) is 2.62. The first-order chi connectivity index (χ1) is 6.46. The molecule has 0 unspecified atom stereocenters. The highest BCUT2D eigenvalue weighted by Gasteiger charge is 2.16. The van der Waals surface area contributed by atoms with Crippen LogP contribution in [0.2, 0.25) is 0 Å². The predicted molar refractivity (Wildman–Crippen MR) is 63.8 cm³/mol. The molecule has 1 aromatic rings. The van der Waals surface area contributed by atoms with E-state index >= 15 is 0 Å². The largest absolute Gasteiger partial charge is 0.103 e. The Morgan fingerprint density at radius 2 is 1.93 bits per heavy atom. The molecule has 0 bridgehead atoms. The average molecular weight is 188 g/mol. The van der Waals surface area contributed by atoms with Crippen LogP contribution in [0.15, 0.2) is 30.9 Å². The van der Waals surface area contributed by atoms with Crippen LogP contribution in [0.4, 0.5) is 0 Å². The molecule has 0 aliphatic carbocycles. The Balaban J connectivity index is 3.20. The summed E-state index contributed by atoms with van der Waals surface area (Å²) in [6.45, 7) is 12.8. The summed E-state index contributed by atoms with van der Waals surface area (Å²) in [5.41, 5.74) is 4.49. The molecule has 0 aliphatic heterocycles. The highest BCUT2D eigenvalue weighted by atomic mass is 14.2. The van der Waals surface area contributed by atoms with Gasteiger partial charge in [0.05, 0.1) is 0 Å². The lowest BCUT2D eigenvalue weighted by molar-refractivity contribution is 0.585. The normalized spacial score (nSPS) is 11.4. The Kier molecular flexibility index (Phi) is 3.15. The van der Waals surface area contributed by atoms with Crippen LogP contribution in [-0.4, -0.2) is 0 Å². The molecule has 0 spiro atoms. The van der Waals surface area contributed by atoms with Crippen molar-refractivity contribution in [1.82, 2.24) is 0 Å². The van der Waals surface area contributed by atoms with E-state index in [1.54, 1.807) is 0 Å². The zero-order valence-electron chi connectivity index (χ0n) is 9.72. The summed E-state index contributed by atoms with van der Waals surface area (Å²) in [4.78, 5) is 0. The topological polar surface area (TPSA) is 0 Å². The Morgan fingerprint density at radius 1 is 1.29 bits per heavy atom. The summed E-state index contributed by atoms with van der Waals surface area (Å²) in [5, 5.41) is 0. The molecule has 0 fully saturated rings. The van der Waals surface area contributed by atoms with Crippen molar-refractivity contribution in [2.75, 3.05) is 0 Å². The van der Waals surface area contributed by atoms with Crippen LogP contribution in [0.1, 0.15) is 37.5 Å². The van der Waals surface area contributed by atoms with E-state index in [0.29, 0.717) is 0 Å². The van der Waals surface area contributed by atoms with Gasteiger partial charge in [0.2, 0.25) is 0 Å². The fraction of sp³-hybridized carbons (Fsp3) is 0.429. The highest BCUT2D eigenvalue weighted by molar-refractivity contribution is 5.38. The molecule has 0 heteroatoms. The van der Waals surface area contributed by atoms with Crippen LogP contribution in [0, 0.1) is 6.92 Å². The lowest BCUT2D eigenvalue weighted by Gasteiger charge is -2.23. The molecule has 0 aromatic heterocycles. The molecule has 0 amide bonds. The lowest BCUT2D eigenvalue weighted by atomic mass is 9.82. The molecule has 0 atom stereocenters. The van der Waals surface area contributed by atoms with Gasteiger partial charge in [-0.15, -0.1) is 6.58 Å².